The molecule has 3 rings (SSSR count). The summed E-state index contributed by atoms with van der Waals surface area (Å²) in [6.45, 7) is 5.98. The lowest BCUT2D eigenvalue weighted by atomic mass is 10.1. The molecule has 0 aliphatic carbocycles. The van der Waals surface area contributed by atoms with Crippen LogP contribution in [0.3, 0.4) is 0 Å². The van der Waals surface area contributed by atoms with Crippen LogP contribution in [0, 0.1) is 13.8 Å². The van der Waals surface area contributed by atoms with Crippen LogP contribution in [-0.4, -0.2) is 16.0 Å². The van der Waals surface area contributed by atoms with Crippen molar-refractivity contribution in [3.05, 3.63) is 52.0 Å². The maximum absolute atomic E-state index is 12.5. The van der Waals surface area contributed by atoms with E-state index in [-0.39, 0.29) is 11.0 Å². The van der Waals surface area contributed by atoms with Crippen LogP contribution in [0.15, 0.2) is 30.3 Å². The maximum atomic E-state index is 12.5. The van der Waals surface area contributed by atoms with Crippen molar-refractivity contribution in [3.63, 3.8) is 0 Å². The summed E-state index contributed by atoms with van der Waals surface area (Å²) in [7, 11) is 0. The number of nitrogen functional groups attached to an aromatic ring is 1. The standard InChI is InChI=1S/C19H21N5OS2/c1-4-12-5-7-13(8-6-12)22-19(26)24-23-17(25)16-15(20)14-10(2)9-11(3)21-18(14)27-16/h5-9H,4,20H2,1-3H3,(H,23,25)(H2,22,24,26). The molecule has 0 saturated heterocycles. The van der Waals surface area contributed by atoms with Gasteiger partial charge in [-0.05, 0) is 61.8 Å². The number of aryl methyl sites for hydroxylation is 3. The van der Waals surface area contributed by atoms with E-state index < -0.39 is 0 Å². The number of nitrogens with zero attached hydrogens (tertiary/aromatic N) is 1. The molecule has 3 aromatic rings. The highest BCUT2D eigenvalue weighted by molar-refractivity contribution is 7.80. The Hall–Kier alpha value is -2.71. The van der Waals surface area contributed by atoms with Crippen LogP contribution >= 0.6 is 23.6 Å². The van der Waals surface area contributed by atoms with Crippen LogP contribution < -0.4 is 21.9 Å². The number of benzene rings is 1. The van der Waals surface area contributed by atoms with Gasteiger partial charge in [-0.1, -0.05) is 19.1 Å². The highest BCUT2D eigenvalue weighted by atomic mass is 32.1. The van der Waals surface area contributed by atoms with E-state index >= 15 is 0 Å². The lowest BCUT2D eigenvalue weighted by molar-refractivity contribution is 0.0949. The van der Waals surface area contributed by atoms with E-state index in [0.29, 0.717) is 10.6 Å². The summed E-state index contributed by atoms with van der Waals surface area (Å²) < 4.78 is 0. The number of fused-ring (bicyclic) bond motifs is 1. The lowest BCUT2D eigenvalue weighted by Gasteiger charge is -2.11. The Bertz CT molecular complexity index is 1010. The average molecular weight is 400 g/mol. The third kappa shape index (κ3) is 4.17. The van der Waals surface area contributed by atoms with Crippen LogP contribution in [-0.2, 0) is 6.42 Å². The fourth-order valence-electron chi connectivity index (χ4n) is 2.79. The number of thiocarbonyl (C=S) groups is 1. The van der Waals surface area contributed by atoms with Crippen LogP contribution in [0.1, 0.15) is 33.4 Å². The van der Waals surface area contributed by atoms with Gasteiger partial charge in [0.15, 0.2) is 5.11 Å². The summed E-state index contributed by atoms with van der Waals surface area (Å²) in [4.78, 5) is 18.1. The molecule has 0 unspecified atom stereocenters. The van der Waals surface area contributed by atoms with E-state index in [0.717, 1.165) is 33.6 Å². The molecule has 0 aliphatic rings. The molecule has 2 aromatic heterocycles. The number of pyridine rings is 1. The van der Waals surface area contributed by atoms with Crippen LogP contribution in [0.4, 0.5) is 11.4 Å². The molecule has 6 nitrogen and oxygen atoms in total. The van der Waals surface area contributed by atoms with E-state index in [1.807, 2.05) is 44.2 Å². The predicted molar refractivity (Wildman–Crippen MR) is 116 cm³/mol. The first-order chi connectivity index (χ1) is 12.9. The van der Waals surface area contributed by atoms with Crippen molar-refractivity contribution < 1.29 is 4.79 Å². The molecule has 0 fully saturated rings. The number of aromatic nitrogens is 1. The fourth-order valence-corrected chi connectivity index (χ4v) is 4.07. The normalized spacial score (nSPS) is 10.6. The van der Waals surface area contributed by atoms with Crippen LogP contribution in [0.2, 0.25) is 0 Å². The highest BCUT2D eigenvalue weighted by Crippen LogP contribution is 2.34. The molecule has 2 heterocycles. The number of rotatable bonds is 3. The number of hydrogen-bond donors (Lipinski definition) is 4. The molecule has 5 N–H and O–H groups in total. The van der Waals surface area contributed by atoms with E-state index in [1.54, 1.807) is 0 Å². The van der Waals surface area contributed by atoms with Crippen molar-refractivity contribution in [2.75, 3.05) is 11.1 Å². The van der Waals surface area contributed by atoms with Gasteiger partial charge in [0, 0.05) is 16.8 Å². The van der Waals surface area contributed by atoms with Gasteiger partial charge in [0.25, 0.3) is 5.91 Å². The second kappa shape index (κ2) is 7.89. The van der Waals surface area contributed by atoms with Gasteiger partial charge in [-0.3, -0.25) is 15.6 Å². The Kier molecular flexibility index (Phi) is 5.57. The number of thiophene rings is 1. The molecule has 1 aromatic carbocycles. The Morgan fingerprint density at radius 3 is 2.59 bits per heavy atom. The molecule has 8 heteroatoms. The third-order valence-corrected chi connectivity index (χ3v) is 5.44. The van der Waals surface area contributed by atoms with Gasteiger partial charge in [-0.2, -0.15) is 0 Å². The zero-order chi connectivity index (χ0) is 19.6. The van der Waals surface area contributed by atoms with Gasteiger partial charge in [-0.25, -0.2) is 4.98 Å². The monoisotopic (exact) mass is 399 g/mol. The van der Waals surface area contributed by atoms with Crippen molar-refractivity contribution >= 4 is 56.2 Å². The Morgan fingerprint density at radius 1 is 1.22 bits per heavy atom. The molecule has 27 heavy (non-hydrogen) atoms. The lowest BCUT2D eigenvalue weighted by Crippen LogP contribution is -2.43. The summed E-state index contributed by atoms with van der Waals surface area (Å²) in [6, 6.07) is 9.89. The quantitative estimate of drug-likeness (QED) is 0.397. The summed E-state index contributed by atoms with van der Waals surface area (Å²) in [5, 5.41) is 4.14. The number of nitrogens with one attached hydrogen (secondary N) is 3. The Balaban J connectivity index is 1.66. The summed E-state index contributed by atoms with van der Waals surface area (Å²) in [5.41, 5.74) is 15.9. The highest BCUT2D eigenvalue weighted by Gasteiger charge is 2.19. The van der Waals surface area contributed by atoms with E-state index in [2.05, 4.69) is 28.1 Å². The Labute approximate surface area is 167 Å². The Morgan fingerprint density at radius 2 is 1.93 bits per heavy atom. The van der Waals surface area contributed by atoms with Gasteiger partial charge in [0.2, 0.25) is 0 Å². The largest absolute Gasteiger partial charge is 0.397 e. The number of hydrogen-bond acceptors (Lipinski definition) is 5. The second-order valence-electron chi connectivity index (χ2n) is 6.19. The second-order valence-corrected chi connectivity index (χ2v) is 7.60. The molecule has 1 amide bonds. The first-order valence-electron chi connectivity index (χ1n) is 8.51. The first kappa shape index (κ1) is 19.1. The van der Waals surface area contributed by atoms with Crippen molar-refractivity contribution in [2.45, 2.75) is 27.2 Å². The van der Waals surface area contributed by atoms with Gasteiger partial charge < -0.3 is 11.1 Å². The van der Waals surface area contributed by atoms with E-state index in [4.69, 9.17) is 18.0 Å². The summed E-state index contributed by atoms with van der Waals surface area (Å²) in [5.74, 6) is -0.349. The zero-order valence-electron chi connectivity index (χ0n) is 15.3. The molecular weight excluding hydrogens is 378 g/mol. The molecule has 0 bridgehead atoms. The number of anilines is 2. The van der Waals surface area contributed by atoms with Crippen molar-refractivity contribution in [3.8, 4) is 0 Å². The number of carbonyl (C=O) groups excluding carboxylic acids is 1. The SMILES string of the molecule is CCc1ccc(NC(=S)NNC(=O)c2sc3nc(C)cc(C)c3c2N)cc1. The number of nitrogens with two attached hydrogens (primary N) is 1. The van der Waals surface area contributed by atoms with Gasteiger partial charge in [0.05, 0.1) is 5.69 Å². The van der Waals surface area contributed by atoms with Crippen LogP contribution in [0.25, 0.3) is 10.2 Å². The summed E-state index contributed by atoms with van der Waals surface area (Å²) >= 11 is 6.49. The van der Waals surface area contributed by atoms with Crippen molar-refractivity contribution in [1.29, 1.82) is 0 Å². The summed E-state index contributed by atoms with van der Waals surface area (Å²) in [6.07, 6.45) is 0.976. The molecule has 0 radical (unpaired) electrons. The molecule has 0 aliphatic heterocycles. The third-order valence-electron chi connectivity index (χ3n) is 4.14. The molecule has 0 spiro atoms. The van der Waals surface area contributed by atoms with Crippen molar-refractivity contribution in [2.24, 2.45) is 0 Å². The number of hydrazine groups is 1. The predicted octanol–water partition coefficient (Wildman–Crippen LogP) is 3.69. The molecule has 0 saturated carbocycles. The molecule has 140 valence electrons. The van der Waals surface area contributed by atoms with Crippen molar-refractivity contribution in [1.82, 2.24) is 15.8 Å². The average Bonchev–Trinajstić information content (AvgIpc) is 2.97. The fraction of sp³-hybridized carbons (Fsp3) is 0.211. The molecule has 0 atom stereocenters. The maximum Gasteiger partial charge on any atom is 0.281 e. The smallest absolute Gasteiger partial charge is 0.281 e. The minimum absolute atomic E-state index is 0.289. The van der Waals surface area contributed by atoms with Gasteiger partial charge in [-0.15, -0.1) is 11.3 Å². The van der Waals surface area contributed by atoms with Crippen LogP contribution in [0.5, 0.6) is 0 Å². The van der Waals surface area contributed by atoms with Gasteiger partial charge in [0.1, 0.15) is 9.71 Å². The van der Waals surface area contributed by atoms with Gasteiger partial charge >= 0.3 is 0 Å². The van der Waals surface area contributed by atoms with E-state index in [9.17, 15) is 4.79 Å². The number of amides is 1. The minimum Gasteiger partial charge on any atom is -0.397 e. The molecular formula is C19H21N5OS2. The number of carbonyl (C=O) groups is 1. The minimum atomic E-state index is -0.349. The zero-order valence-corrected chi connectivity index (χ0v) is 17.0. The topological polar surface area (TPSA) is 92.1 Å². The first-order valence-corrected chi connectivity index (χ1v) is 9.74. The van der Waals surface area contributed by atoms with E-state index in [1.165, 1.54) is 16.9 Å².